The predicted molar refractivity (Wildman–Crippen MR) is 99.8 cm³/mol. The number of fused-ring (bicyclic) bond motifs is 1. The van der Waals surface area contributed by atoms with Crippen molar-refractivity contribution in [1.29, 1.82) is 0 Å². The molecular formula is C21H24N2O3. The lowest BCUT2D eigenvalue weighted by Crippen LogP contribution is -2.38. The number of ether oxygens (including phenoxy) is 2. The summed E-state index contributed by atoms with van der Waals surface area (Å²) in [5.41, 5.74) is 3.10. The summed E-state index contributed by atoms with van der Waals surface area (Å²) in [6.07, 6.45) is 1.09. The molecule has 0 saturated carbocycles. The molecule has 1 saturated heterocycles. The number of nitrogens with one attached hydrogen (secondary N) is 2. The summed E-state index contributed by atoms with van der Waals surface area (Å²) in [7, 11) is 1.69. The van der Waals surface area contributed by atoms with Gasteiger partial charge in [0.2, 0.25) is 0 Å². The molecule has 1 amide bonds. The molecule has 0 radical (unpaired) electrons. The van der Waals surface area contributed by atoms with E-state index in [1.54, 1.807) is 7.11 Å². The van der Waals surface area contributed by atoms with E-state index in [2.05, 4.69) is 22.8 Å². The molecule has 2 N–H and O–H groups in total. The van der Waals surface area contributed by atoms with Crippen molar-refractivity contribution in [3.8, 4) is 11.5 Å². The molecule has 5 nitrogen and oxygen atoms in total. The fourth-order valence-electron chi connectivity index (χ4n) is 3.87. The van der Waals surface area contributed by atoms with E-state index in [-0.39, 0.29) is 5.91 Å². The highest BCUT2D eigenvalue weighted by molar-refractivity contribution is 5.98. The Bertz CT molecular complexity index is 788. The minimum absolute atomic E-state index is 0.0131. The Hall–Kier alpha value is -2.53. The zero-order valence-corrected chi connectivity index (χ0v) is 15.0. The first kappa shape index (κ1) is 16.9. The average molecular weight is 352 g/mol. The van der Waals surface area contributed by atoms with Crippen LogP contribution in [0.15, 0.2) is 42.5 Å². The van der Waals surface area contributed by atoms with Crippen LogP contribution >= 0.6 is 0 Å². The predicted octanol–water partition coefficient (Wildman–Crippen LogP) is 2.71. The molecule has 26 heavy (non-hydrogen) atoms. The second-order valence-electron chi connectivity index (χ2n) is 6.95. The minimum atomic E-state index is -0.0131. The zero-order chi connectivity index (χ0) is 17.9. The summed E-state index contributed by atoms with van der Waals surface area (Å²) >= 11 is 0. The zero-order valence-electron chi connectivity index (χ0n) is 15.0. The van der Waals surface area contributed by atoms with Crippen molar-refractivity contribution < 1.29 is 14.3 Å². The van der Waals surface area contributed by atoms with Crippen molar-refractivity contribution in [1.82, 2.24) is 10.6 Å². The van der Waals surface area contributed by atoms with E-state index in [0.29, 0.717) is 25.0 Å². The van der Waals surface area contributed by atoms with Crippen LogP contribution in [0.25, 0.3) is 0 Å². The van der Waals surface area contributed by atoms with Crippen molar-refractivity contribution in [2.45, 2.75) is 18.9 Å². The molecular weight excluding hydrogens is 328 g/mol. The van der Waals surface area contributed by atoms with Crippen molar-refractivity contribution in [3.63, 3.8) is 0 Å². The molecule has 2 heterocycles. The first-order valence-corrected chi connectivity index (χ1v) is 9.13. The van der Waals surface area contributed by atoms with Crippen LogP contribution in [-0.2, 0) is 6.54 Å². The smallest absolute Gasteiger partial charge is 0.252 e. The monoisotopic (exact) mass is 352 g/mol. The summed E-state index contributed by atoms with van der Waals surface area (Å²) in [5, 5.41) is 6.31. The summed E-state index contributed by atoms with van der Waals surface area (Å²) in [6, 6.07) is 14.1. The summed E-state index contributed by atoms with van der Waals surface area (Å²) in [6.45, 7) is 3.19. The van der Waals surface area contributed by atoms with Crippen LogP contribution in [0.3, 0.4) is 0 Å². The van der Waals surface area contributed by atoms with Gasteiger partial charge in [0.15, 0.2) is 0 Å². The number of benzene rings is 2. The fraction of sp³-hybridized carbons (Fsp3) is 0.381. The number of hydrogen-bond donors (Lipinski definition) is 2. The minimum Gasteiger partial charge on any atom is -0.497 e. The van der Waals surface area contributed by atoms with Gasteiger partial charge in [-0.3, -0.25) is 4.79 Å². The Morgan fingerprint density at radius 1 is 1.12 bits per heavy atom. The summed E-state index contributed by atoms with van der Waals surface area (Å²) in [4.78, 5) is 11.8. The highest BCUT2D eigenvalue weighted by atomic mass is 16.5. The lowest BCUT2D eigenvalue weighted by Gasteiger charge is -2.32. The highest BCUT2D eigenvalue weighted by Gasteiger charge is 2.27. The second-order valence-corrected chi connectivity index (χ2v) is 6.95. The molecule has 4 rings (SSSR count). The van der Waals surface area contributed by atoms with Gasteiger partial charge in [-0.05, 0) is 54.3 Å². The molecule has 0 unspecified atom stereocenters. The summed E-state index contributed by atoms with van der Waals surface area (Å²) in [5.74, 6) is 2.48. The Labute approximate surface area is 153 Å². The van der Waals surface area contributed by atoms with Gasteiger partial charge < -0.3 is 20.1 Å². The van der Waals surface area contributed by atoms with E-state index in [9.17, 15) is 4.79 Å². The van der Waals surface area contributed by atoms with Crippen LogP contribution in [0.2, 0.25) is 0 Å². The van der Waals surface area contributed by atoms with Gasteiger partial charge >= 0.3 is 0 Å². The number of amides is 1. The van der Waals surface area contributed by atoms with E-state index in [1.807, 2.05) is 30.3 Å². The number of carbonyl (C=O) groups is 1. The largest absolute Gasteiger partial charge is 0.497 e. The third-order valence-electron chi connectivity index (χ3n) is 5.38. The lowest BCUT2D eigenvalue weighted by atomic mass is 9.81. The average Bonchev–Trinajstić information content (AvgIpc) is 3.07. The SMILES string of the molecule is COc1ccc([C@@H]2CCNC[C@H]2COc2ccc3c(c2)C(=O)NC3)cc1. The third kappa shape index (κ3) is 3.40. The van der Waals surface area contributed by atoms with E-state index in [1.165, 1.54) is 5.56 Å². The van der Waals surface area contributed by atoms with Crippen LogP contribution < -0.4 is 20.1 Å². The van der Waals surface area contributed by atoms with Gasteiger partial charge in [0.1, 0.15) is 11.5 Å². The number of piperidine rings is 1. The molecule has 5 heteroatoms. The number of carbonyl (C=O) groups excluding carboxylic acids is 1. The van der Waals surface area contributed by atoms with Crippen molar-refractivity contribution in [2.75, 3.05) is 26.8 Å². The molecule has 136 valence electrons. The fourth-order valence-corrected chi connectivity index (χ4v) is 3.87. The van der Waals surface area contributed by atoms with E-state index >= 15 is 0 Å². The normalized spacial score (nSPS) is 21.8. The van der Waals surface area contributed by atoms with Gasteiger partial charge in [-0.15, -0.1) is 0 Å². The van der Waals surface area contributed by atoms with Crippen LogP contribution in [0.4, 0.5) is 0 Å². The molecule has 1 fully saturated rings. The molecule has 2 aliphatic rings. The molecule has 2 aromatic carbocycles. The lowest BCUT2D eigenvalue weighted by molar-refractivity contribution is 0.0965. The van der Waals surface area contributed by atoms with Gasteiger partial charge in [-0.1, -0.05) is 18.2 Å². The van der Waals surface area contributed by atoms with Crippen LogP contribution in [0.5, 0.6) is 11.5 Å². The van der Waals surface area contributed by atoms with Gasteiger partial charge in [0.05, 0.1) is 13.7 Å². The van der Waals surface area contributed by atoms with Crippen LogP contribution in [0, 0.1) is 5.92 Å². The highest BCUT2D eigenvalue weighted by Crippen LogP contribution is 2.32. The van der Waals surface area contributed by atoms with Crippen LogP contribution in [0.1, 0.15) is 33.8 Å². The van der Waals surface area contributed by atoms with Gasteiger partial charge in [0, 0.05) is 24.6 Å². The standard InChI is InChI=1S/C21H24N2O3/c1-25-17-5-2-14(3-6-17)19-8-9-22-11-16(19)13-26-18-7-4-15-12-23-21(24)20(15)10-18/h2-7,10,16,19,22H,8-9,11-13H2,1H3,(H,23,24)/t16-,19-/m0/s1. The molecule has 0 aliphatic carbocycles. The number of hydrogen-bond acceptors (Lipinski definition) is 4. The maximum absolute atomic E-state index is 11.8. The maximum Gasteiger partial charge on any atom is 0.252 e. The Morgan fingerprint density at radius 2 is 1.92 bits per heavy atom. The maximum atomic E-state index is 11.8. The topological polar surface area (TPSA) is 59.6 Å². The molecule has 2 aromatic rings. The summed E-state index contributed by atoms with van der Waals surface area (Å²) < 4.78 is 11.3. The van der Waals surface area contributed by atoms with E-state index in [4.69, 9.17) is 9.47 Å². The molecule has 0 bridgehead atoms. The second kappa shape index (κ2) is 7.38. The Kier molecular flexibility index (Phi) is 4.80. The van der Waals surface area contributed by atoms with Crippen molar-refractivity contribution in [2.24, 2.45) is 5.92 Å². The molecule has 0 aromatic heterocycles. The first-order chi connectivity index (χ1) is 12.7. The quantitative estimate of drug-likeness (QED) is 0.869. The number of methoxy groups -OCH3 is 1. The van der Waals surface area contributed by atoms with Crippen LogP contribution in [-0.4, -0.2) is 32.7 Å². The van der Waals surface area contributed by atoms with Gasteiger partial charge in [-0.2, -0.15) is 0 Å². The van der Waals surface area contributed by atoms with Crippen molar-refractivity contribution >= 4 is 5.91 Å². The molecule has 2 aliphatic heterocycles. The van der Waals surface area contributed by atoms with Gasteiger partial charge in [-0.25, -0.2) is 0 Å². The molecule has 0 spiro atoms. The molecule has 2 atom stereocenters. The van der Waals surface area contributed by atoms with E-state index in [0.717, 1.165) is 42.1 Å². The first-order valence-electron chi connectivity index (χ1n) is 9.13. The third-order valence-corrected chi connectivity index (χ3v) is 5.38. The number of rotatable bonds is 5. The van der Waals surface area contributed by atoms with Gasteiger partial charge in [0.25, 0.3) is 5.91 Å². The Balaban J connectivity index is 1.45. The van der Waals surface area contributed by atoms with Crippen molar-refractivity contribution in [3.05, 3.63) is 59.2 Å². The Morgan fingerprint density at radius 3 is 2.73 bits per heavy atom. The van der Waals surface area contributed by atoms with E-state index < -0.39 is 0 Å².